The van der Waals surface area contributed by atoms with Crippen LogP contribution in [-0.4, -0.2) is 45.7 Å². The van der Waals surface area contributed by atoms with Crippen molar-refractivity contribution in [2.75, 3.05) is 18.0 Å². The summed E-state index contributed by atoms with van der Waals surface area (Å²) in [6, 6.07) is 13.9. The van der Waals surface area contributed by atoms with Crippen molar-refractivity contribution in [3.63, 3.8) is 0 Å². The number of aromatic nitrogens is 3. The second-order valence-corrected chi connectivity index (χ2v) is 10.0. The first-order valence-electron chi connectivity index (χ1n) is 12.6. The molecule has 2 aromatic carbocycles. The van der Waals surface area contributed by atoms with Crippen molar-refractivity contribution in [1.82, 2.24) is 20.1 Å². The van der Waals surface area contributed by atoms with E-state index in [1.807, 2.05) is 31.4 Å². The predicted octanol–water partition coefficient (Wildman–Crippen LogP) is 3.94. The minimum atomic E-state index is -0.470. The van der Waals surface area contributed by atoms with Gasteiger partial charge < -0.3 is 20.9 Å². The summed E-state index contributed by atoms with van der Waals surface area (Å²) < 4.78 is 1.74. The molecule has 4 aromatic rings. The number of anilines is 1. The summed E-state index contributed by atoms with van der Waals surface area (Å²) in [5, 5.41) is 8.44. The molecule has 0 radical (unpaired) electrons. The summed E-state index contributed by atoms with van der Waals surface area (Å²) >= 11 is 0. The number of carbonyl (C=O) groups excluding carboxylic acids is 2. The highest BCUT2D eigenvalue weighted by atomic mass is 16.2. The monoisotopic (exact) mass is 482 g/mol. The van der Waals surface area contributed by atoms with Crippen molar-refractivity contribution < 1.29 is 9.59 Å². The van der Waals surface area contributed by atoms with Gasteiger partial charge in [-0.25, -0.2) is 0 Å². The van der Waals surface area contributed by atoms with Crippen LogP contribution in [0.25, 0.3) is 22.2 Å². The van der Waals surface area contributed by atoms with E-state index >= 15 is 0 Å². The van der Waals surface area contributed by atoms with Gasteiger partial charge in [-0.3, -0.25) is 14.3 Å². The summed E-state index contributed by atoms with van der Waals surface area (Å²) in [4.78, 5) is 30.8. The van der Waals surface area contributed by atoms with Crippen molar-refractivity contribution in [3.05, 3.63) is 71.5 Å². The lowest BCUT2D eigenvalue weighted by Gasteiger charge is -2.35. The van der Waals surface area contributed by atoms with Gasteiger partial charge in [0.05, 0.1) is 17.3 Å². The van der Waals surface area contributed by atoms with Crippen LogP contribution in [0.5, 0.6) is 0 Å². The minimum absolute atomic E-state index is 0.0288. The molecule has 1 unspecified atom stereocenters. The number of aryl methyl sites for hydroxylation is 1. The highest BCUT2D eigenvalue weighted by molar-refractivity contribution is 6.10. The first kappa shape index (κ1) is 22.4. The van der Waals surface area contributed by atoms with Gasteiger partial charge in [-0.05, 0) is 67.5 Å². The molecule has 184 valence electrons. The Balaban J connectivity index is 1.25. The molecular weight excluding hydrogens is 452 g/mol. The molecule has 1 saturated heterocycles. The van der Waals surface area contributed by atoms with Crippen molar-refractivity contribution in [3.8, 4) is 11.3 Å². The number of hydrogen-bond donors (Lipinski definition) is 3. The second-order valence-electron chi connectivity index (χ2n) is 10.0. The minimum Gasteiger partial charge on any atom is -0.369 e. The zero-order valence-electron chi connectivity index (χ0n) is 20.3. The Kier molecular flexibility index (Phi) is 5.51. The smallest absolute Gasteiger partial charge is 0.251 e. The van der Waals surface area contributed by atoms with E-state index in [2.05, 4.69) is 38.5 Å². The molecule has 36 heavy (non-hydrogen) atoms. The Labute approximate surface area is 209 Å². The van der Waals surface area contributed by atoms with Gasteiger partial charge in [0.2, 0.25) is 0 Å². The van der Waals surface area contributed by atoms with Crippen molar-refractivity contribution >= 4 is 28.4 Å². The topological polar surface area (TPSA) is 109 Å². The third-order valence-electron chi connectivity index (χ3n) is 7.37. The lowest BCUT2D eigenvalue weighted by atomic mass is 10.0. The molecular formula is C28H30N6O2. The average molecular weight is 483 g/mol. The van der Waals surface area contributed by atoms with Crippen molar-refractivity contribution in [2.45, 2.75) is 37.6 Å². The Morgan fingerprint density at radius 3 is 2.61 bits per heavy atom. The number of fused-ring (bicyclic) bond motifs is 1. The Morgan fingerprint density at radius 2 is 1.92 bits per heavy atom. The van der Waals surface area contributed by atoms with Gasteiger partial charge in [0.25, 0.3) is 11.8 Å². The second kappa shape index (κ2) is 8.86. The summed E-state index contributed by atoms with van der Waals surface area (Å²) in [6.07, 6.45) is 8.11. The first-order chi connectivity index (χ1) is 17.5. The molecule has 1 atom stereocenters. The molecule has 0 bridgehead atoms. The first-order valence-corrected chi connectivity index (χ1v) is 12.6. The van der Waals surface area contributed by atoms with Gasteiger partial charge in [0.15, 0.2) is 0 Å². The van der Waals surface area contributed by atoms with Gasteiger partial charge in [0, 0.05) is 60.3 Å². The molecule has 1 aliphatic carbocycles. The van der Waals surface area contributed by atoms with Crippen LogP contribution in [0.2, 0.25) is 0 Å². The lowest BCUT2D eigenvalue weighted by Crippen LogP contribution is -2.47. The fraction of sp³-hybridized carbons (Fsp3) is 0.321. The van der Waals surface area contributed by atoms with Crippen LogP contribution in [0.4, 0.5) is 5.69 Å². The molecule has 2 amide bonds. The number of nitrogens with two attached hydrogens (primary N) is 1. The number of H-pyrrole nitrogens is 1. The Hall–Kier alpha value is -4.07. The summed E-state index contributed by atoms with van der Waals surface area (Å²) in [6.45, 7) is 1.57. The van der Waals surface area contributed by atoms with E-state index in [4.69, 9.17) is 5.73 Å². The van der Waals surface area contributed by atoms with E-state index in [0.29, 0.717) is 23.6 Å². The van der Waals surface area contributed by atoms with Gasteiger partial charge >= 0.3 is 0 Å². The molecule has 1 aliphatic heterocycles. The summed E-state index contributed by atoms with van der Waals surface area (Å²) in [7, 11) is 1.87. The number of carbonyl (C=O) groups is 2. The molecule has 3 heterocycles. The van der Waals surface area contributed by atoms with Crippen LogP contribution in [0.3, 0.4) is 0 Å². The normalized spacial score (nSPS) is 17.9. The van der Waals surface area contributed by atoms with E-state index in [0.717, 1.165) is 47.2 Å². The molecule has 2 aliphatic rings. The number of benzene rings is 2. The third-order valence-corrected chi connectivity index (χ3v) is 7.37. The van der Waals surface area contributed by atoms with Gasteiger partial charge in [-0.15, -0.1) is 0 Å². The molecule has 6 rings (SSSR count). The van der Waals surface area contributed by atoms with Crippen LogP contribution in [0, 0.1) is 0 Å². The maximum Gasteiger partial charge on any atom is 0.251 e. The van der Waals surface area contributed by atoms with Crippen LogP contribution < -0.4 is 16.0 Å². The van der Waals surface area contributed by atoms with Gasteiger partial charge in [0.1, 0.15) is 0 Å². The SMILES string of the molecule is Cn1cc(-c2cc3c(N4CCCC(NC(=O)c5ccc(C6CC6)cc5)C4)ccc(C(N)=O)c3[nH]2)cn1. The van der Waals surface area contributed by atoms with E-state index < -0.39 is 5.91 Å². The van der Waals surface area contributed by atoms with Crippen LogP contribution in [0.1, 0.15) is 57.9 Å². The van der Waals surface area contributed by atoms with Gasteiger partial charge in [-0.1, -0.05) is 12.1 Å². The van der Waals surface area contributed by atoms with Crippen LogP contribution >= 0.6 is 0 Å². The molecule has 2 aromatic heterocycles. The number of amides is 2. The zero-order valence-corrected chi connectivity index (χ0v) is 20.3. The van der Waals surface area contributed by atoms with E-state index in [1.165, 1.54) is 18.4 Å². The number of hydrogen-bond acceptors (Lipinski definition) is 4. The zero-order chi connectivity index (χ0) is 24.8. The molecule has 8 nitrogen and oxygen atoms in total. The number of aromatic amines is 1. The fourth-order valence-electron chi connectivity index (χ4n) is 5.31. The molecule has 8 heteroatoms. The van der Waals surface area contributed by atoms with Gasteiger partial charge in [-0.2, -0.15) is 5.10 Å². The number of nitrogens with zero attached hydrogens (tertiary/aromatic N) is 3. The predicted molar refractivity (Wildman–Crippen MR) is 140 cm³/mol. The van der Waals surface area contributed by atoms with Crippen molar-refractivity contribution in [2.24, 2.45) is 12.8 Å². The molecule has 4 N–H and O–H groups in total. The third kappa shape index (κ3) is 4.23. The number of nitrogens with one attached hydrogen (secondary N) is 2. The maximum atomic E-state index is 13.0. The standard InChI is InChI=1S/C28H30N6O2/c1-33-15-20(14-30-33)24-13-23-25(11-10-22(27(29)35)26(23)32-24)34-12-2-3-21(16-34)31-28(36)19-8-6-18(7-9-19)17-4-5-17/h6-11,13-15,17,21,32H,2-5,12,16H2,1H3,(H2,29,35)(H,31,36). The Bertz CT molecular complexity index is 1450. The quantitative estimate of drug-likeness (QED) is 0.387. The average Bonchev–Trinajstić information content (AvgIpc) is 3.49. The van der Waals surface area contributed by atoms with E-state index in [9.17, 15) is 9.59 Å². The molecule has 0 spiro atoms. The van der Waals surface area contributed by atoms with E-state index in [1.54, 1.807) is 16.9 Å². The molecule has 1 saturated carbocycles. The maximum absolute atomic E-state index is 13.0. The number of primary amides is 1. The van der Waals surface area contributed by atoms with E-state index in [-0.39, 0.29) is 11.9 Å². The summed E-state index contributed by atoms with van der Waals surface area (Å²) in [5.41, 5.74) is 11.7. The highest BCUT2D eigenvalue weighted by Gasteiger charge is 2.26. The lowest BCUT2D eigenvalue weighted by molar-refractivity contribution is 0.0932. The Morgan fingerprint density at radius 1 is 1.11 bits per heavy atom. The van der Waals surface area contributed by atoms with Crippen molar-refractivity contribution in [1.29, 1.82) is 0 Å². The largest absolute Gasteiger partial charge is 0.369 e. The van der Waals surface area contributed by atoms with Crippen LogP contribution in [0.15, 0.2) is 54.9 Å². The van der Waals surface area contributed by atoms with Crippen LogP contribution in [-0.2, 0) is 7.05 Å². The highest BCUT2D eigenvalue weighted by Crippen LogP contribution is 2.40. The molecule has 2 fully saturated rings. The number of piperidine rings is 1. The summed E-state index contributed by atoms with van der Waals surface area (Å²) in [5.74, 6) is 0.181. The number of rotatable bonds is 6. The fourth-order valence-corrected chi connectivity index (χ4v) is 5.31.